The topological polar surface area (TPSA) is 50.8 Å². The number of guanidine groups is 1. The summed E-state index contributed by atoms with van der Waals surface area (Å²) in [5, 5.41) is 0. The Balaban J connectivity index is 2.68. The van der Waals surface area contributed by atoms with E-state index in [1.807, 2.05) is 29.2 Å². The molecule has 1 rings (SSSR count). The SMILES string of the molecule is CCN(CC)C(N)=NCc1ccccc1OCCC(C)C. The lowest BCUT2D eigenvalue weighted by molar-refractivity contribution is 0.287. The van der Waals surface area contributed by atoms with Gasteiger partial charge in [-0.05, 0) is 32.3 Å². The number of nitrogens with two attached hydrogens (primary N) is 1. The molecule has 0 aliphatic heterocycles. The zero-order chi connectivity index (χ0) is 15.7. The van der Waals surface area contributed by atoms with Crippen LogP contribution in [0.25, 0.3) is 0 Å². The van der Waals surface area contributed by atoms with Gasteiger partial charge in [0.05, 0.1) is 13.2 Å². The van der Waals surface area contributed by atoms with Crippen molar-refractivity contribution in [3.63, 3.8) is 0 Å². The first-order valence-electron chi connectivity index (χ1n) is 7.84. The van der Waals surface area contributed by atoms with E-state index in [-0.39, 0.29) is 0 Å². The van der Waals surface area contributed by atoms with E-state index in [9.17, 15) is 0 Å². The van der Waals surface area contributed by atoms with Gasteiger partial charge in [-0.3, -0.25) is 0 Å². The maximum absolute atomic E-state index is 6.01. The summed E-state index contributed by atoms with van der Waals surface area (Å²) in [6.07, 6.45) is 1.05. The lowest BCUT2D eigenvalue weighted by Gasteiger charge is -2.19. The molecule has 21 heavy (non-hydrogen) atoms. The molecule has 0 fully saturated rings. The van der Waals surface area contributed by atoms with E-state index in [2.05, 4.69) is 32.7 Å². The fraction of sp³-hybridized carbons (Fsp3) is 0.588. The Bertz CT molecular complexity index is 439. The van der Waals surface area contributed by atoms with Crippen LogP contribution in [-0.2, 0) is 6.54 Å². The summed E-state index contributed by atoms with van der Waals surface area (Å²) in [6.45, 7) is 11.6. The molecule has 4 nitrogen and oxygen atoms in total. The van der Waals surface area contributed by atoms with Crippen LogP contribution in [0, 0.1) is 5.92 Å². The molecule has 2 N–H and O–H groups in total. The normalized spacial score (nSPS) is 11.8. The molecule has 0 aliphatic rings. The molecule has 0 bridgehead atoms. The van der Waals surface area contributed by atoms with Crippen molar-refractivity contribution in [1.82, 2.24) is 4.90 Å². The summed E-state index contributed by atoms with van der Waals surface area (Å²) in [6, 6.07) is 8.04. The lowest BCUT2D eigenvalue weighted by atomic mass is 10.1. The summed E-state index contributed by atoms with van der Waals surface area (Å²) in [5.74, 6) is 2.15. The molecule has 0 unspecified atom stereocenters. The van der Waals surface area contributed by atoms with Crippen molar-refractivity contribution in [3.8, 4) is 5.75 Å². The molecule has 0 saturated heterocycles. The van der Waals surface area contributed by atoms with E-state index in [0.717, 1.165) is 37.4 Å². The summed E-state index contributed by atoms with van der Waals surface area (Å²) >= 11 is 0. The molecular formula is C17H29N3O. The van der Waals surface area contributed by atoms with Gasteiger partial charge in [-0.1, -0.05) is 32.0 Å². The zero-order valence-electron chi connectivity index (χ0n) is 13.8. The molecule has 0 atom stereocenters. The Kier molecular flexibility index (Phi) is 7.65. The highest BCUT2D eigenvalue weighted by molar-refractivity contribution is 5.78. The summed E-state index contributed by atoms with van der Waals surface area (Å²) in [7, 11) is 0. The van der Waals surface area contributed by atoms with Gasteiger partial charge in [0.25, 0.3) is 0 Å². The third-order valence-corrected chi connectivity index (χ3v) is 3.42. The van der Waals surface area contributed by atoms with Gasteiger partial charge in [-0.2, -0.15) is 0 Å². The van der Waals surface area contributed by atoms with E-state index in [0.29, 0.717) is 18.4 Å². The zero-order valence-corrected chi connectivity index (χ0v) is 13.8. The number of benzene rings is 1. The van der Waals surface area contributed by atoms with Crippen molar-refractivity contribution in [2.24, 2.45) is 16.6 Å². The molecule has 0 aliphatic carbocycles. The lowest BCUT2D eigenvalue weighted by Crippen LogP contribution is -2.37. The van der Waals surface area contributed by atoms with Crippen molar-refractivity contribution in [2.75, 3.05) is 19.7 Å². The molecule has 4 heteroatoms. The first-order valence-corrected chi connectivity index (χ1v) is 7.84. The predicted molar refractivity (Wildman–Crippen MR) is 89.6 cm³/mol. The molecule has 0 amide bonds. The van der Waals surface area contributed by atoms with Crippen LogP contribution in [0.5, 0.6) is 5.75 Å². The maximum Gasteiger partial charge on any atom is 0.191 e. The van der Waals surface area contributed by atoms with E-state index in [1.54, 1.807) is 0 Å². The summed E-state index contributed by atoms with van der Waals surface area (Å²) in [5.41, 5.74) is 7.09. The fourth-order valence-corrected chi connectivity index (χ4v) is 1.99. The second kappa shape index (κ2) is 9.27. The number of para-hydroxylation sites is 1. The largest absolute Gasteiger partial charge is 0.493 e. The molecular weight excluding hydrogens is 262 g/mol. The van der Waals surface area contributed by atoms with Gasteiger partial charge in [0.1, 0.15) is 5.75 Å². The summed E-state index contributed by atoms with van der Waals surface area (Å²) in [4.78, 5) is 6.52. The highest BCUT2D eigenvalue weighted by atomic mass is 16.5. The Hall–Kier alpha value is -1.71. The van der Waals surface area contributed by atoms with Gasteiger partial charge >= 0.3 is 0 Å². The number of ether oxygens (including phenoxy) is 1. The molecule has 118 valence electrons. The minimum Gasteiger partial charge on any atom is -0.493 e. The van der Waals surface area contributed by atoms with Gasteiger partial charge < -0.3 is 15.4 Å². The third-order valence-electron chi connectivity index (χ3n) is 3.42. The number of rotatable bonds is 8. The smallest absolute Gasteiger partial charge is 0.191 e. The molecule has 1 aromatic rings. The van der Waals surface area contributed by atoms with E-state index < -0.39 is 0 Å². The van der Waals surface area contributed by atoms with E-state index in [4.69, 9.17) is 10.5 Å². The molecule has 1 aromatic carbocycles. The van der Waals surface area contributed by atoms with Crippen LogP contribution >= 0.6 is 0 Å². The molecule has 0 saturated carbocycles. The third kappa shape index (κ3) is 6.06. The van der Waals surface area contributed by atoms with Crippen LogP contribution < -0.4 is 10.5 Å². The van der Waals surface area contributed by atoms with Crippen molar-refractivity contribution in [3.05, 3.63) is 29.8 Å². The van der Waals surface area contributed by atoms with Crippen LogP contribution in [0.1, 0.15) is 39.7 Å². The second-order valence-electron chi connectivity index (χ2n) is 5.49. The Morgan fingerprint density at radius 3 is 2.52 bits per heavy atom. The average Bonchev–Trinajstić information content (AvgIpc) is 2.47. The monoisotopic (exact) mass is 291 g/mol. The Labute approximate surface area is 129 Å². The maximum atomic E-state index is 6.01. The first-order chi connectivity index (χ1) is 10.1. The second-order valence-corrected chi connectivity index (χ2v) is 5.49. The van der Waals surface area contributed by atoms with Gasteiger partial charge in [0, 0.05) is 18.7 Å². The van der Waals surface area contributed by atoms with Crippen molar-refractivity contribution in [2.45, 2.75) is 40.7 Å². The first kappa shape index (κ1) is 17.3. The molecule has 0 aromatic heterocycles. The highest BCUT2D eigenvalue weighted by Crippen LogP contribution is 2.19. The van der Waals surface area contributed by atoms with Crippen molar-refractivity contribution >= 4 is 5.96 Å². The number of hydrogen-bond acceptors (Lipinski definition) is 2. The Morgan fingerprint density at radius 2 is 1.90 bits per heavy atom. The molecule has 0 spiro atoms. The highest BCUT2D eigenvalue weighted by Gasteiger charge is 2.05. The van der Waals surface area contributed by atoms with Gasteiger partial charge in [0.2, 0.25) is 0 Å². The van der Waals surface area contributed by atoms with Gasteiger partial charge in [-0.25, -0.2) is 4.99 Å². The van der Waals surface area contributed by atoms with Gasteiger partial charge in [-0.15, -0.1) is 0 Å². The summed E-state index contributed by atoms with van der Waals surface area (Å²) < 4.78 is 5.87. The quantitative estimate of drug-likeness (QED) is 0.591. The predicted octanol–water partition coefficient (Wildman–Crippen LogP) is 3.27. The number of hydrogen-bond donors (Lipinski definition) is 1. The number of aliphatic imine (C=N–C) groups is 1. The van der Waals surface area contributed by atoms with Crippen LogP contribution in [0.2, 0.25) is 0 Å². The minimum absolute atomic E-state index is 0.556. The molecule has 0 radical (unpaired) electrons. The van der Waals surface area contributed by atoms with Crippen molar-refractivity contribution < 1.29 is 4.74 Å². The standard InChI is InChI=1S/C17H29N3O/c1-5-20(6-2)17(18)19-13-15-9-7-8-10-16(15)21-12-11-14(3)4/h7-10,14H,5-6,11-13H2,1-4H3,(H2,18,19). The van der Waals surface area contributed by atoms with Crippen molar-refractivity contribution in [1.29, 1.82) is 0 Å². The average molecular weight is 291 g/mol. The van der Waals surface area contributed by atoms with Crippen LogP contribution in [0.15, 0.2) is 29.3 Å². The minimum atomic E-state index is 0.556. The van der Waals surface area contributed by atoms with Crippen LogP contribution in [0.4, 0.5) is 0 Å². The number of nitrogens with zero attached hydrogens (tertiary/aromatic N) is 2. The van der Waals surface area contributed by atoms with Crippen LogP contribution in [-0.4, -0.2) is 30.6 Å². The van der Waals surface area contributed by atoms with Crippen LogP contribution in [0.3, 0.4) is 0 Å². The molecule has 0 heterocycles. The Morgan fingerprint density at radius 1 is 1.24 bits per heavy atom. The van der Waals surface area contributed by atoms with E-state index in [1.165, 1.54) is 0 Å². The van der Waals surface area contributed by atoms with E-state index >= 15 is 0 Å². The van der Waals surface area contributed by atoms with Gasteiger partial charge in [0.15, 0.2) is 5.96 Å². The fourth-order valence-electron chi connectivity index (χ4n) is 1.99.